The van der Waals surface area contributed by atoms with E-state index in [-0.39, 0.29) is 6.10 Å². The normalized spacial score (nSPS) is 29.2. The molecule has 1 aliphatic heterocycles. The van der Waals surface area contributed by atoms with Crippen LogP contribution in [0.4, 0.5) is 0 Å². The van der Waals surface area contributed by atoms with Crippen LogP contribution >= 0.6 is 23.5 Å². The van der Waals surface area contributed by atoms with Crippen LogP contribution in [0.3, 0.4) is 0 Å². The molecule has 1 aliphatic rings. The van der Waals surface area contributed by atoms with E-state index < -0.39 is 0 Å². The fourth-order valence-corrected chi connectivity index (χ4v) is 5.58. The van der Waals surface area contributed by atoms with Gasteiger partial charge in [-0.1, -0.05) is 43.2 Å². The molecule has 1 aromatic carbocycles. The Hall–Kier alpha value is -0.120. The molecule has 1 aromatic rings. The van der Waals surface area contributed by atoms with Gasteiger partial charge in [-0.3, -0.25) is 0 Å². The quantitative estimate of drug-likeness (QED) is 0.915. The Balaban J connectivity index is 1.98. The summed E-state index contributed by atoms with van der Waals surface area (Å²) in [5.74, 6) is 1.07. The highest BCUT2D eigenvalue weighted by Gasteiger charge is 2.30. The highest BCUT2D eigenvalue weighted by Crippen LogP contribution is 2.37. The van der Waals surface area contributed by atoms with E-state index >= 15 is 0 Å². The van der Waals surface area contributed by atoms with Crippen molar-refractivity contribution in [3.05, 3.63) is 34.9 Å². The van der Waals surface area contributed by atoms with E-state index in [0.717, 1.165) is 12.2 Å². The van der Waals surface area contributed by atoms with E-state index in [0.29, 0.717) is 15.7 Å². The minimum absolute atomic E-state index is 0.228. The Morgan fingerprint density at radius 2 is 1.79 bits per heavy atom. The Morgan fingerprint density at radius 3 is 2.37 bits per heavy atom. The van der Waals surface area contributed by atoms with Crippen LogP contribution < -0.4 is 0 Å². The second kappa shape index (κ2) is 6.55. The second-order valence-electron chi connectivity index (χ2n) is 5.69. The molecule has 3 heteroatoms. The number of hydrogen-bond acceptors (Lipinski definition) is 3. The van der Waals surface area contributed by atoms with Gasteiger partial charge >= 0.3 is 0 Å². The first-order chi connectivity index (χ1) is 8.95. The lowest BCUT2D eigenvalue weighted by molar-refractivity contribution is 0.177. The molecule has 0 bridgehead atoms. The summed E-state index contributed by atoms with van der Waals surface area (Å²) in [5, 5.41) is 12.2. The van der Waals surface area contributed by atoms with E-state index in [2.05, 4.69) is 45.9 Å². The van der Waals surface area contributed by atoms with Gasteiger partial charge in [0.25, 0.3) is 0 Å². The van der Waals surface area contributed by atoms with Gasteiger partial charge in [0.05, 0.1) is 6.10 Å². The minimum Gasteiger partial charge on any atom is -0.392 e. The maximum absolute atomic E-state index is 10.5. The van der Waals surface area contributed by atoms with Crippen LogP contribution in [0, 0.1) is 13.8 Å². The molecule has 2 rings (SSSR count). The zero-order valence-corrected chi connectivity index (χ0v) is 13.9. The van der Waals surface area contributed by atoms with Gasteiger partial charge in [-0.25, -0.2) is 0 Å². The lowest BCUT2D eigenvalue weighted by Crippen LogP contribution is -2.35. The first kappa shape index (κ1) is 15.3. The standard InChI is InChI=1S/C16H24OS2/c1-10-5-11(2)7-14(6-10)8-15(17)16-9-18-12(3)13(4)19-16/h5-7,12-13,15-17H,8-9H2,1-4H3. The highest BCUT2D eigenvalue weighted by molar-refractivity contribution is 8.07. The zero-order chi connectivity index (χ0) is 14.0. The average Bonchev–Trinajstić information content (AvgIpc) is 2.31. The number of aliphatic hydroxyl groups is 1. The molecule has 0 spiro atoms. The van der Waals surface area contributed by atoms with Gasteiger partial charge in [-0.2, -0.15) is 23.5 Å². The molecular weight excluding hydrogens is 272 g/mol. The van der Waals surface area contributed by atoms with Crippen molar-refractivity contribution in [3.63, 3.8) is 0 Å². The van der Waals surface area contributed by atoms with Gasteiger partial charge in [-0.15, -0.1) is 0 Å². The Labute approximate surface area is 125 Å². The number of aryl methyl sites for hydroxylation is 2. The number of hydrogen-bond donors (Lipinski definition) is 1. The third-order valence-corrected chi connectivity index (χ3v) is 7.27. The summed E-state index contributed by atoms with van der Waals surface area (Å²) in [6.45, 7) is 8.81. The van der Waals surface area contributed by atoms with E-state index in [1.165, 1.54) is 16.7 Å². The maximum atomic E-state index is 10.5. The first-order valence-corrected chi connectivity index (χ1v) is 8.97. The predicted molar refractivity (Wildman–Crippen MR) is 88.4 cm³/mol. The van der Waals surface area contributed by atoms with Crippen molar-refractivity contribution in [1.82, 2.24) is 0 Å². The first-order valence-electron chi connectivity index (χ1n) is 6.98. The molecule has 0 radical (unpaired) electrons. The zero-order valence-electron chi connectivity index (χ0n) is 12.2. The highest BCUT2D eigenvalue weighted by atomic mass is 32.2. The lowest BCUT2D eigenvalue weighted by atomic mass is 10.0. The molecular formula is C16H24OS2. The SMILES string of the molecule is Cc1cc(C)cc(CC(O)C2CSC(C)C(C)S2)c1. The monoisotopic (exact) mass is 296 g/mol. The van der Waals surface area contributed by atoms with E-state index in [1.807, 2.05) is 23.5 Å². The summed E-state index contributed by atoms with van der Waals surface area (Å²) in [6.07, 6.45) is 0.552. The molecule has 4 unspecified atom stereocenters. The third-order valence-electron chi connectivity index (χ3n) is 3.73. The van der Waals surface area contributed by atoms with Crippen LogP contribution in [-0.2, 0) is 6.42 Å². The van der Waals surface area contributed by atoms with Crippen molar-refractivity contribution < 1.29 is 5.11 Å². The average molecular weight is 297 g/mol. The van der Waals surface area contributed by atoms with Crippen molar-refractivity contribution in [2.75, 3.05) is 5.75 Å². The topological polar surface area (TPSA) is 20.2 Å². The molecule has 19 heavy (non-hydrogen) atoms. The smallest absolute Gasteiger partial charge is 0.0707 e. The van der Waals surface area contributed by atoms with Crippen LogP contribution in [0.25, 0.3) is 0 Å². The molecule has 106 valence electrons. The van der Waals surface area contributed by atoms with Crippen molar-refractivity contribution in [1.29, 1.82) is 0 Å². The summed E-state index contributed by atoms with van der Waals surface area (Å²) in [5.41, 5.74) is 3.84. The molecule has 1 heterocycles. The largest absolute Gasteiger partial charge is 0.392 e. The molecule has 1 nitrogen and oxygen atoms in total. The van der Waals surface area contributed by atoms with Gasteiger partial charge in [0, 0.05) is 21.5 Å². The van der Waals surface area contributed by atoms with Crippen molar-refractivity contribution in [2.45, 2.75) is 56.0 Å². The Bertz CT molecular complexity index is 413. The van der Waals surface area contributed by atoms with Gasteiger partial charge < -0.3 is 5.11 Å². The predicted octanol–water partition coefficient (Wildman–Crippen LogP) is 3.83. The van der Waals surface area contributed by atoms with Crippen LogP contribution in [-0.4, -0.2) is 32.7 Å². The van der Waals surface area contributed by atoms with Crippen molar-refractivity contribution in [2.24, 2.45) is 0 Å². The van der Waals surface area contributed by atoms with Gasteiger partial charge in [0.1, 0.15) is 0 Å². The van der Waals surface area contributed by atoms with E-state index in [9.17, 15) is 5.11 Å². The number of thioether (sulfide) groups is 2. The Morgan fingerprint density at radius 1 is 1.16 bits per heavy atom. The van der Waals surface area contributed by atoms with E-state index in [4.69, 9.17) is 0 Å². The molecule has 0 saturated carbocycles. The van der Waals surface area contributed by atoms with Crippen molar-refractivity contribution >= 4 is 23.5 Å². The van der Waals surface area contributed by atoms with E-state index in [1.54, 1.807) is 0 Å². The molecule has 1 saturated heterocycles. The molecule has 4 atom stereocenters. The van der Waals surface area contributed by atoms with Crippen LogP contribution in [0.1, 0.15) is 30.5 Å². The Kier molecular flexibility index (Phi) is 5.27. The number of benzene rings is 1. The number of rotatable bonds is 3. The molecule has 1 fully saturated rings. The summed E-state index contributed by atoms with van der Waals surface area (Å²) in [7, 11) is 0. The lowest BCUT2D eigenvalue weighted by Gasteiger charge is -2.34. The molecule has 0 amide bonds. The van der Waals surface area contributed by atoms with Gasteiger partial charge in [0.2, 0.25) is 0 Å². The van der Waals surface area contributed by atoms with Gasteiger partial charge in [-0.05, 0) is 25.8 Å². The number of aliphatic hydroxyl groups excluding tert-OH is 1. The van der Waals surface area contributed by atoms with Crippen LogP contribution in [0.5, 0.6) is 0 Å². The van der Waals surface area contributed by atoms with Gasteiger partial charge in [0.15, 0.2) is 0 Å². The molecule has 0 aliphatic carbocycles. The van der Waals surface area contributed by atoms with Crippen molar-refractivity contribution in [3.8, 4) is 0 Å². The summed E-state index contributed by atoms with van der Waals surface area (Å²) in [4.78, 5) is 0. The third kappa shape index (κ3) is 4.17. The molecule has 0 aromatic heterocycles. The second-order valence-corrected chi connectivity index (χ2v) is 8.72. The summed E-state index contributed by atoms with van der Waals surface area (Å²) in [6, 6.07) is 6.58. The van der Waals surface area contributed by atoms with Crippen LogP contribution in [0.2, 0.25) is 0 Å². The maximum Gasteiger partial charge on any atom is 0.0707 e. The summed E-state index contributed by atoms with van der Waals surface area (Å²) >= 11 is 3.96. The van der Waals surface area contributed by atoms with Crippen LogP contribution in [0.15, 0.2) is 18.2 Å². The summed E-state index contributed by atoms with van der Waals surface area (Å²) < 4.78 is 0. The fraction of sp³-hybridized carbons (Fsp3) is 0.625. The molecule has 1 N–H and O–H groups in total. The fourth-order valence-electron chi connectivity index (χ4n) is 2.57. The minimum atomic E-state index is -0.228.